The Morgan fingerprint density at radius 2 is 1.90 bits per heavy atom. The molecule has 0 aliphatic heterocycles. The van der Waals surface area contributed by atoms with E-state index < -0.39 is 0 Å². The molecule has 2 aromatic carbocycles. The molecule has 0 saturated heterocycles. The van der Waals surface area contributed by atoms with Gasteiger partial charge in [0.15, 0.2) is 0 Å². The highest BCUT2D eigenvalue weighted by molar-refractivity contribution is 5.87. The second-order valence-corrected chi connectivity index (χ2v) is 6.89. The van der Waals surface area contributed by atoms with E-state index in [4.69, 9.17) is 4.74 Å². The van der Waals surface area contributed by atoms with Crippen LogP contribution >= 0.6 is 0 Å². The molecule has 0 aliphatic carbocycles. The second kappa shape index (κ2) is 7.82. The van der Waals surface area contributed by atoms with Crippen LogP contribution in [0.3, 0.4) is 0 Å². The molecule has 152 valence electrons. The van der Waals surface area contributed by atoms with Gasteiger partial charge < -0.3 is 19.9 Å². The summed E-state index contributed by atoms with van der Waals surface area (Å²) in [5.74, 6) is 1.62. The summed E-state index contributed by atoms with van der Waals surface area (Å²) in [5, 5.41) is 5.81. The molecule has 2 N–H and O–H groups in total. The first-order valence-electron chi connectivity index (χ1n) is 9.30. The molecule has 2 aromatic heterocycles. The van der Waals surface area contributed by atoms with E-state index in [2.05, 4.69) is 20.6 Å². The maximum absolute atomic E-state index is 13.6. The molecule has 0 fully saturated rings. The van der Waals surface area contributed by atoms with Crippen LogP contribution in [0, 0.1) is 12.7 Å². The average molecular weight is 405 g/mol. The topological polar surface area (TPSA) is 81.1 Å². The number of fused-ring (bicyclic) bond motifs is 1. The van der Waals surface area contributed by atoms with E-state index in [1.54, 1.807) is 24.4 Å². The van der Waals surface area contributed by atoms with E-state index >= 15 is 0 Å². The van der Waals surface area contributed by atoms with Crippen LogP contribution in [0.1, 0.15) is 12.5 Å². The average Bonchev–Trinajstić information content (AvgIpc) is 2.99. The summed E-state index contributed by atoms with van der Waals surface area (Å²) in [4.78, 5) is 19.9. The fourth-order valence-electron chi connectivity index (χ4n) is 3.06. The Morgan fingerprint density at radius 1 is 1.10 bits per heavy atom. The lowest BCUT2D eigenvalue weighted by molar-refractivity contribution is -0.114. The molecular formula is C22H20FN5O2. The summed E-state index contributed by atoms with van der Waals surface area (Å²) < 4.78 is 21.4. The van der Waals surface area contributed by atoms with Crippen molar-refractivity contribution >= 4 is 34.4 Å². The molecule has 30 heavy (non-hydrogen) atoms. The number of pyridine rings is 1. The van der Waals surface area contributed by atoms with Gasteiger partial charge in [-0.15, -0.1) is 0 Å². The number of aryl methyl sites for hydroxylation is 2. The maximum atomic E-state index is 13.6. The minimum atomic E-state index is -0.312. The van der Waals surface area contributed by atoms with Crippen LogP contribution in [0.5, 0.6) is 11.5 Å². The number of carbonyl (C=O) groups is 1. The Kier molecular flexibility index (Phi) is 5.05. The van der Waals surface area contributed by atoms with Crippen LogP contribution in [-0.4, -0.2) is 20.4 Å². The fourth-order valence-corrected chi connectivity index (χ4v) is 3.06. The van der Waals surface area contributed by atoms with E-state index in [0.717, 1.165) is 16.6 Å². The van der Waals surface area contributed by atoms with E-state index in [-0.39, 0.29) is 11.7 Å². The summed E-state index contributed by atoms with van der Waals surface area (Å²) in [7, 11) is 1.88. The molecule has 0 bridgehead atoms. The molecule has 2 heterocycles. The second-order valence-electron chi connectivity index (χ2n) is 6.89. The number of anilines is 3. The van der Waals surface area contributed by atoms with Crippen LogP contribution in [-0.2, 0) is 11.8 Å². The largest absolute Gasteiger partial charge is 0.457 e. The number of nitrogens with zero attached hydrogens (tertiary/aromatic N) is 3. The van der Waals surface area contributed by atoms with Gasteiger partial charge in [-0.1, -0.05) is 6.07 Å². The first-order valence-corrected chi connectivity index (χ1v) is 9.30. The third kappa shape index (κ3) is 4.07. The number of hydrogen-bond donors (Lipinski definition) is 2. The van der Waals surface area contributed by atoms with Crippen molar-refractivity contribution in [3.8, 4) is 11.5 Å². The quantitative estimate of drug-likeness (QED) is 0.493. The minimum Gasteiger partial charge on any atom is -0.457 e. The van der Waals surface area contributed by atoms with E-state index in [0.29, 0.717) is 29.0 Å². The third-order valence-electron chi connectivity index (χ3n) is 4.57. The molecule has 0 aliphatic rings. The fraction of sp³-hybridized carbons (Fsp3) is 0.136. The van der Waals surface area contributed by atoms with E-state index in [1.807, 2.05) is 36.7 Å². The highest BCUT2D eigenvalue weighted by Gasteiger charge is 2.11. The van der Waals surface area contributed by atoms with Crippen molar-refractivity contribution in [3.63, 3.8) is 0 Å². The lowest BCUT2D eigenvalue weighted by Crippen LogP contribution is -2.07. The van der Waals surface area contributed by atoms with Crippen LogP contribution in [0.25, 0.3) is 11.0 Å². The Balaban J connectivity index is 1.60. The number of imidazole rings is 1. The highest BCUT2D eigenvalue weighted by atomic mass is 19.1. The Bertz CT molecular complexity index is 1250. The van der Waals surface area contributed by atoms with Crippen molar-refractivity contribution in [1.82, 2.24) is 14.5 Å². The van der Waals surface area contributed by atoms with Gasteiger partial charge >= 0.3 is 0 Å². The highest BCUT2D eigenvalue weighted by Crippen LogP contribution is 2.29. The summed E-state index contributed by atoms with van der Waals surface area (Å²) in [5.41, 5.74) is 3.20. The molecule has 0 unspecified atom stereocenters. The van der Waals surface area contributed by atoms with Crippen LogP contribution < -0.4 is 15.4 Å². The number of rotatable bonds is 5. The van der Waals surface area contributed by atoms with Gasteiger partial charge in [-0.05, 0) is 42.8 Å². The van der Waals surface area contributed by atoms with Crippen LogP contribution in [0.4, 0.5) is 21.8 Å². The molecule has 0 saturated carbocycles. The van der Waals surface area contributed by atoms with Gasteiger partial charge in [-0.3, -0.25) is 4.79 Å². The summed E-state index contributed by atoms with van der Waals surface area (Å²) in [6, 6.07) is 13.5. The number of benzene rings is 2. The summed E-state index contributed by atoms with van der Waals surface area (Å²) >= 11 is 0. The predicted molar refractivity (Wildman–Crippen MR) is 114 cm³/mol. The lowest BCUT2D eigenvalue weighted by Gasteiger charge is -2.09. The number of nitrogens with one attached hydrogen (secondary N) is 2. The molecule has 8 heteroatoms. The zero-order chi connectivity index (χ0) is 21.3. The minimum absolute atomic E-state index is 0.205. The number of carbonyl (C=O) groups excluding carboxylic acids is 1. The smallest absolute Gasteiger partial charge is 0.222 e. The number of ether oxygens (including phenoxy) is 1. The molecule has 0 atom stereocenters. The van der Waals surface area contributed by atoms with Crippen LogP contribution in [0.2, 0.25) is 0 Å². The zero-order valence-electron chi connectivity index (χ0n) is 16.7. The Hall–Kier alpha value is -3.94. The maximum Gasteiger partial charge on any atom is 0.222 e. The number of amides is 1. The Labute approximate surface area is 172 Å². The van der Waals surface area contributed by atoms with Gasteiger partial charge in [0, 0.05) is 38.0 Å². The van der Waals surface area contributed by atoms with Gasteiger partial charge in [0.2, 0.25) is 11.9 Å². The predicted octanol–water partition coefficient (Wildman–Crippen LogP) is 4.91. The van der Waals surface area contributed by atoms with E-state index in [1.165, 1.54) is 19.1 Å². The third-order valence-corrected chi connectivity index (χ3v) is 4.57. The molecule has 4 rings (SSSR count). The van der Waals surface area contributed by atoms with Crippen molar-refractivity contribution in [2.24, 2.45) is 7.05 Å². The lowest BCUT2D eigenvalue weighted by atomic mass is 10.2. The molecule has 4 aromatic rings. The first kappa shape index (κ1) is 19.4. The molecular weight excluding hydrogens is 385 g/mol. The normalized spacial score (nSPS) is 10.8. The van der Waals surface area contributed by atoms with Crippen molar-refractivity contribution in [2.75, 3.05) is 10.6 Å². The molecule has 0 radical (unpaired) electrons. The van der Waals surface area contributed by atoms with Gasteiger partial charge in [0.25, 0.3) is 0 Å². The van der Waals surface area contributed by atoms with Gasteiger partial charge in [-0.2, -0.15) is 0 Å². The number of hydrogen-bond acceptors (Lipinski definition) is 5. The van der Waals surface area contributed by atoms with Gasteiger partial charge in [-0.25, -0.2) is 14.4 Å². The zero-order valence-corrected chi connectivity index (χ0v) is 16.7. The number of halogens is 1. The Morgan fingerprint density at radius 3 is 2.70 bits per heavy atom. The van der Waals surface area contributed by atoms with Gasteiger partial charge in [0.1, 0.15) is 23.1 Å². The summed E-state index contributed by atoms with van der Waals surface area (Å²) in [6.45, 7) is 3.32. The van der Waals surface area contributed by atoms with Crippen molar-refractivity contribution in [2.45, 2.75) is 13.8 Å². The molecule has 1 amide bonds. The monoisotopic (exact) mass is 405 g/mol. The van der Waals surface area contributed by atoms with Gasteiger partial charge in [0.05, 0.1) is 11.0 Å². The van der Waals surface area contributed by atoms with Crippen molar-refractivity contribution in [3.05, 3.63) is 66.1 Å². The van der Waals surface area contributed by atoms with E-state index in [9.17, 15) is 9.18 Å². The SMILES string of the molecule is CC(=O)Nc1cc(Oc2ccc3c(c2)nc(Nc2cc(F)ccc2C)n3C)ccn1. The molecule has 7 nitrogen and oxygen atoms in total. The van der Waals surface area contributed by atoms with Crippen LogP contribution in [0.15, 0.2) is 54.7 Å². The summed E-state index contributed by atoms with van der Waals surface area (Å²) in [6.07, 6.45) is 1.56. The standard InChI is InChI=1S/C22H20FN5O2/c1-13-4-5-15(23)10-18(13)26-22-27-19-11-16(6-7-20(19)28(22)3)30-17-8-9-24-21(12-17)25-14(2)29/h4-12H,1-3H3,(H,26,27)(H,24,25,29). The number of aromatic nitrogens is 3. The van der Waals surface area contributed by atoms with Crippen molar-refractivity contribution < 1.29 is 13.9 Å². The first-order chi connectivity index (χ1) is 14.4. The van der Waals surface area contributed by atoms with Crippen molar-refractivity contribution in [1.29, 1.82) is 0 Å². The molecule has 0 spiro atoms.